The molecule has 0 aliphatic carbocycles. The Bertz CT molecular complexity index is 1030. The van der Waals surface area contributed by atoms with E-state index in [1.165, 1.54) is 0 Å². The monoisotopic (exact) mass is 398 g/mol. The molecular weight excluding hydrogens is 372 g/mol. The summed E-state index contributed by atoms with van der Waals surface area (Å²) in [6, 6.07) is 26.2. The standard InChI is InChI=1S/C26H26N2O2/c1-19-18-24(27-21-13-15-22(30-2)16-14-21)23-10-6-7-11-25(23)28(19)26(29)17-12-20-8-4-3-5-9-20/h3-17,19,24,27H,18H2,1-2H3/b17-12+/t19-,24+/m1/s1. The minimum atomic E-state index is 0.00157. The van der Waals surface area contributed by atoms with Crippen LogP contribution < -0.4 is 15.0 Å². The van der Waals surface area contributed by atoms with Crippen LogP contribution in [0.25, 0.3) is 6.08 Å². The van der Waals surface area contributed by atoms with E-state index in [1.807, 2.05) is 83.8 Å². The molecule has 1 heterocycles. The second kappa shape index (κ2) is 8.87. The number of carbonyl (C=O) groups excluding carboxylic acids is 1. The third-order valence-corrected chi connectivity index (χ3v) is 5.48. The molecule has 4 nitrogen and oxygen atoms in total. The predicted octanol–water partition coefficient (Wildman–Crippen LogP) is 5.69. The van der Waals surface area contributed by atoms with Crippen molar-refractivity contribution >= 4 is 23.4 Å². The SMILES string of the molecule is COc1ccc(N[C@H]2C[C@@H](C)N(C(=O)/C=C/c3ccccc3)c3ccccc32)cc1. The van der Waals surface area contributed by atoms with E-state index < -0.39 is 0 Å². The van der Waals surface area contributed by atoms with Crippen LogP contribution >= 0.6 is 0 Å². The number of amides is 1. The highest BCUT2D eigenvalue weighted by atomic mass is 16.5. The fourth-order valence-electron chi connectivity index (χ4n) is 3.99. The number of nitrogens with zero attached hydrogens (tertiary/aromatic N) is 1. The van der Waals surface area contributed by atoms with Crippen LogP contribution in [-0.4, -0.2) is 19.1 Å². The van der Waals surface area contributed by atoms with Gasteiger partial charge in [-0.25, -0.2) is 0 Å². The number of nitrogens with one attached hydrogen (secondary N) is 1. The summed E-state index contributed by atoms with van der Waals surface area (Å²) in [6.45, 7) is 2.10. The Morgan fingerprint density at radius 2 is 1.70 bits per heavy atom. The Morgan fingerprint density at radius 1 is 1.00 bits per heavy atom. The Labute approximate surface area is 177 Å². The van der Waals surface area contributed by atoms with E-state index in [0.29, 0.717) is 0 Å². The summed E-state index contributed by atoms with van der Waals surface area (Å²) in [5.74, 6) is 0.835. The van der Waals surface area contributed by atoms with E-state index in [4.69, 9.17) is 4.74 Å². The number of ether oxygens (including phenoxy) is 1. The van der Waals surface area contributed by atoms with Gasteiger partial charge in [0.1, 0.15) is 5.75 Å². The van der Waals surface area contributed by atoms with Gasteiger partial charge in [-0.15, -0.1) is 0 Å². The lowest BCUT2D eigenvalue weighted by molar-refractivity contribution is -0.114. The van der Waals surface area contributed by atoms with Gasteiger partial charge in [0.05, 0.1) is 13.2 Å². The van der Waals surface area contributed by atoms with Gasteiger partial charge >= 0.3 is 0 Å². The molecule has 1 N–H and O–H groups in total. The highest BCUT2D eigenvalue weighted by Crippen LogP contribution is 2.39. The minimum absolute atomic E-state index is 0.00157. The number of methoxy groups -OCH3 is 1. The minimum Gasteiger partial charge on any atom is -0.497 e. The van der Waals surface area contributed by atoms with Crippen LogP contribution in [-0.2, 0) is 4.79 Å². The summed E-state index contributed by atoms with van der Waals surface area (Å²) in [4.78, 5) is 15.0. The van der Waals surface area contributed by atoms with Crippen molar-refractivity contribution in [2.24, 2.45) is 0 Å². The van der Waals surface area contributed by atoms with Crippen LogP contribution in [0, 0.1) is 0 Å². The molecule has 30 heavy (non-hydrogen) atoms. The van der Waals surface area contributed by atoms with E-state index in [0.717, 1.165) is 34.7 Å². The largest absolute Gasteiger partial charge is 0.497 e. The van der Waals surface area contributed by atoms with Gasteiger partial charge in [0.15, 0.2) is 0 Å². The molecule has 3 aromatic carbocycles. The molecule has 0 bridgehead atoms. The first-order chi connectivity index (χ1) is 14.7. The lowest BCUT2D eigenvalue weighted by atomic mass is 9.91. The van der Waals surface area contributed by atoms with Gasteiger partial charge in [-0.2, -0.15) is 0 Å². The summed E-state index contributed by atoms with van der Waals surface area (Å²) in [7, 11) is 1.67. The zero-order chi connectivity index (χ0) is 20.9. The van der Waals surface area contributed by atoms with Crippen molar-refractivity contribution in [1.82, 2.24) is 0 Å². The van der Waals surface area contributed by atoms with Crippen molar-refractivity contribution in [2.45, 2.75) is 25.4 Å². The van der Waals surface area contributed by atoms with Crippen molar-refractivity contribution in [3.63, 3.8) is 0 Å². The number of anilines is 2. The van der Waals surface area contributed by atoms with Gasteiger partial charge in [-0.05, 0) is 60.9 Å². The molecule has 0 radical (unpaired) electrons. The van der Waals surface area contributed by atoms with Crippen molar-refractivity contribution < 1.29 is 9.53 Å². The molecule has 1 amide bonds. The van der Waals surface area contributed by atoms with Crippen LogP contribution in [0.2, 0.25) is 0 Å². The topological polar surface area (TPSA) is 41.6 Å². The number of hydrogen-bond donors (Lipinski definition) is 1. The average Bonchev–Trinajstić information content (AvgIpc) is 2.79. The molecule has 0 unspecified atom stereocenters. The van der Waals surface area contributed by atoms with Crippen LogP contribution in [0.1, 0.15) is 30.5 Å². The Balaban J connectivity index is 1.58. The van der Waals surface area contributed by atoms with Gasteiger partial charge in [-0.1, -0.05) is 48.5 Å². The molecule has 152 valence electrons. The van der Waals surface area contributed by atoms with E-state index in [2.05, 4.69) is 18.3 Å². The van der Waals surface area contributed by atoms with Crippen LogP contribution in [0.3, 0.4) is 0 Å². The summed E-state index contributed by atoms with van der Waals surface area (Å²) in [6.07, 6.45) is 4.37. The van der Waals surface area contributed by atoms with Crippen LogP contribution in [0.15, 0.2) is 84.9 Å². The molecule has 2 atom stereocenters. The van der Waals surface area contributed by atoms with Gasteiger partial charge in [-0.3, -0.25) is 4.79 Å². The highest BCUT2D eigenvalue weighted by Gasteiger charge is 2.32. The Hall–Kier alpha value is -3.53. The Morgan fingerprint density at radius 3 is 2.43 bits per heavy atom. The van der Waals surface area contributed by atoms with Gasteiger partial charge in [0, 0.05) is 23.5 Å². The van der Waals surface area contributed by atoms with E-state index in [9.17, 15) is 4.79 Å². The average molecular weight is 399 g/mol. The summed E-state index contributed by atoms with van der Waals surface area (Å²) >= 11 is 0. The summed E-state index contributed by atoms with van der Waals surface area (Å²) < 4.78 is 5.25. The van der Waals surface area contributed by atoms with E-state index in [-0.39, 0.29) is 18.0 Å². The third kappa shape index (κ3) is 4.23. The number of para-hydroxylation sites is 1. The maximum Gasteiger partial charge on any atom is 0.251 e. The zero-order valence-electron chi connectivity index (χ0n) is 17.3. The quantitative estimate of drug-likeness (QED) is 0.562. The number of fused-ring (bicyclic) bond motifs is 1. The van der Waals surface area contributed by atoms with Crippen molar-refractivity contribution in [1.29, 1.82) is 0 Å². The molecular formula is C26H26N2O2. The molecule has 0 spiro atoms. The molecule has 1 aliphatic heterocycles. The van der Waals surface area contributed by atoms with Crippen molar-refractivity contribution in [2.75, 3.05) is 17.3 Å². The number of carbonyl (C=O) groups is 1. The lowest BCUT2D eigenvalue weighted by Crippen LogP contribution is -2.43. The number of benzene rings is 3. The fourth-order valence-corrected chi connectivity index (χ4v) is 3.99. The van der Waals surface area contributed by atoms with Crippen molar-refractivity contribution in [3.05, 3.63) is 96.1 Å². The molecule has 4 rings (SSSR count). The first-order valence-corrected chi connectivity index (χ1v) is 10.2. The first-order valence-electron chi connectivity index (χ1n) is 10.2. The predicted molar refractivity (Wildman–Crippen MR) is 123 cm³/mol. The first kappa shape index (κ1) is 19.8. The van der Waals surface area contributed by atoms with Gasteiger partial charge < -0.3 is 15.0 Å². The molecule has 0 saturated heterocycles. The molecule has 0 fully saturated rings. The maximum absolute atomic E-state index is 13.1. The molecule has 0 saturated carbocycles. The van der Waals surface area contributed by atoms with Crippen LogP contribution in [0.5, 0.6) is 5.75 Å². The van der Waals surface area contributed by atoms with Crippen LogP contribution in [0.4, 0.5) is 11.4 Å². The molecule has 4 heteroatoms. The second-order valence-electron chi connectivity index (χ2n) is 7.52. The van der Waals surface area contributed by atoms with Gasteiger partial charge in [0.2, 0.25) is 0 Å². The van der Waals surface area contributed by atoms with Crippen molar-refractivity contribution in [3.8, 4) is 5.75 Å². The Kier molecular flexibility index (Phi) is 5.84. The summed E-state index contributed by atoms with van der Waals surface area (Å²) in [5.41, 5.74) is 4.15. The van der Waals surface area contributed by atoms with E-state index in [1.54, 1.807) is 13.2 Å². The number of rotatable bonds is 5. The fraction of sp³-hybridized carbons (Fsp3) is 0.192. The molecule has 0 aromatic heterocycles. The lowest BCUT2D eigenvalue weighted by Gasteiger charge is -2.39. The zero-order valence-corrected chi connectivity index (χ0v) is 17.3. The molecule has 3 aromatic rings. The molecule has 1 aliphatic rings. The normalized spacial score (nSPS) is 18.1. The maximum atomic E-state index is 13.1. The number of hydrogen-bond acceptors (Lipinski definition) is 3. The summed E-state index contributed by atoms with van der Waals surface area (Å²) in [5, 5.41) is 3.62. The second-order valence-corrected chi connectivity index (χ2v) is 7.52. The smallest absolute Gasteiger partial charge is 0.251 e. The highest BCUT2D eigenvalue weighted by molar-refractivity contribution is 6.05. The van der Waals surface area contributed by atoms with E-state index >= 15 is 0 Å². The third-order valence-electron chi connectivity index (χ3n) is 5.48. The van der Waals surface area contributed by atoms with Gasteiger partial charge in [0.25, 0.3) is 5.91 Å².